The summed E-state index contributed by atoms with van der Waals surface area (Å²) in [5.41, 5.74) is -1.27. The molecule has 0 saturated carbocycles. The van der Waals surface area contributed by atoms with Gasteiger partial charge in [-0.1, -0.05) is 93.6 Å². The van der Waals surface area contributed by atoms with Gasteiger partial charge in [0.05, 0.1) is 44.0 Å². The van der Waals surface area contributed by atoms with Gasteiger partial charge in [0.25, 0.3) is 5.91 Å². The molecule has 4 aromatic rings. The van der Waals surface area contributed by atoms with E-state index in [-0.39, 0.29) is 31.1 Å². The maximum atomic E-state index is 13.5. The van der Waals surface area contributed by atoms with E-state index in [1.165, 1.54) is 6.07 Å². The van der Waals surface area contributed by atoms with Crippen LogP contribution in [0.3, 0.4) is 0 Å². The van der Waals surface area contributed by atoms with Crippen LogP contribution in [-0.2, 0) is 14.9 Å². The number of benzene rings is 4. The number of aromatic hydroxyl groups is 1. The van der Waals surface area contributed by atoms with Crippen LogP contribution in [0.1, 0.15) is 42.3 Å². The number of hydrogen-bond donors (Lipinski definition) is 2. The molecule has 0 aliphatic carbocycles. The number of fused-ring (bicyclic) bond motifs is 1. The van der Waals surface area contributed by atoms with Crippen molar-refractivity contribution in [3.8, 4) is 17.6 Å². The Morgan fingerprint density at radius 2 is 1.51 bits per heavy atom. The Morgan fingerprint density at radius 3 is 2.21 bits per heavy atom. The zero-order chi connectivity index (χ0) is 31.1. The van der Waals surface area contributed by atoms with Crippen LogP contribution in [-0.4, -0.2) is 51.6 Å². The smallest absolute Gasteiger partial charge is 0.255 e. The molecule has 0 heterocycles. The lowest BCUT2D eigenvalue weighted by atomic mass is 9.46. The zero-order valence-electron chi connectivity index (χ0n) is 25.5. The Morgan fingerprint density at radius 1 is 0.860 bits per heavy atom. The van der Waals surface area contributed by atoms with Gasteiger partial charge >= 0.3 is 0 Å². The summed E-state index contributed by atoms with van der Waals surface area (Å²) in [6.45, 7) is 6.81. The van der Waals surface area contributed by atoms with Crippen molar-refractivity contribution in [2.45, 2.75) is 26.2 Å². The van der Waals surface area contributed by atoms with E-state index in [4.69, 9.17) is 14.2 Å². The van der Waals surface area contributed by atoms with Gasteiger partial charge < -0.3 is 24.6 Å². The predicted molar refractivity (Wildman–Crippen MR) is 168 cm³/mol. The van der Waals surface area contributed by atoms with Gasteiger partial charge in [0, 0.05) is 19.2 Å². The van der Waals surface area contributed by atoms with Crippen LogP contribution in [0.2, 0.25) is 0 Å². The summed E-state index contributed by atoms with van der Waals surface area (Å²) in [5.74, 6) is -0.0101. The summed E-state index contributed by atoms with van der Waals surface area (Å²) in [7, 11) is 3.22. The summed E-state index contributed by atoms with van der Waals surface area (Å²) in [6, 6.07) is 31.0. The first-order valence-electron chi connectivity index (χ1n) is 14.3. The molecule has 0 radical (unpaired) electrons. The van der Waals surface area contributed by atoms with Crippen molar-refractivity contribution in [1.82, 2.24) is 5.32 Å². The van der Waals surface area contributed by atoms with Crippen molar-refractivity contribution in [1.29, 1.82) is 5.26 Å². The first-order chi connectivity index (χ1) is 20.7. The molecule has 1 amide bonds. The fourth-order valence-electron chi connectivity index (χ4n) is 6.52. The number of para-hydroxylation sites is 2. The first kappa shape index (κ1) is 31.6. The molecule has 0 aromatic heterocycles. The molecule has 224 valence electrons. The van der Waals surface area contributed by atoms with E-state index < -0.39 is 22.2 Å². The second kappa shape index (κ2) is 13.3. The van der Waals surface area contributed by atoms with Gasteiger partial charge in [0.15, 0.2) is 0 Å². The van der Waals surface area contributed by atoms with Crippen LogP contribution in [0, 0.1) is 22.2 Å². The van der Waals surface area contributed by atoms with Gasteiger partial charge in [-0.25, -0.2) is 0 Å². The molecule has 0 aliphatic heterocycles. The van der Waals surface area contributed by atoms with Crippen molar-refractivity contribution in [3.05, 3.63) is 108 Å². The van der Waals surface area contributed by atoms with E-state index in [1.807, 2.05) is 42.5 Å². The van der Waals surface area contributed by atoms with E-state index in [9.17, 15) is 15.2 Å². The largest absolute Gasteiger partial charge is 0.507 e. The molecule has 0 spiro atoms. The summed E-state index contributed by atoms with van der Waals surface area (Å²) < 4.78 is 17.5. The molecule has 2 unspecified atom stereocenters. The summed E-state index contributed by atoms with van der Waals surface area (Å²) in [5, 5.41) is 26.8. The van der Waals surface area contributed by atoms with Crippen LogP contribution < -0.4 is 10.1 Å². The third-order valence-corrected chi connectivity index (χ3v) is 8.24. The highest BCUT2D eigenvalue weighted by Crippen LogP contribution is 2.60. The predicted octanol–water partition coefficient (Wildman–Crippen LogP) is 6.49. The Bertz CT molecular complexity index is 1600. The topological polar surface area (TPSA) is 101 Å². The maximum Gasteiger partial charge on any atom is 0.255 e. The fourth-order valence-corrected chi connectivity index (χ4v) is 6.52. The Hall–Kier alpha value is -4.38. The van der Waals surface area contributed by atoms with Crippen LogP contribution in [0.25, 0.3) is 10.8 Å². The van der Waals surface area contributed by atoms with Crippen LogP contribution in [0.5, 0.6) is 11.5 Å². The Kier molecular flexibility index (Phi) is 9.75. The number of carbonyl (C=O) groups excluding carboxylic acids is 1. The summed E-state index contributed by atoms with van der Waals surface area (Å²) in [4.78, 5) is 13.5. The number of nitriles is 1. The third-order valence-electron chi connectivity index (χ3n) is 8.24. The lowest BCUT2D eigenvalue weighted by Gasteiger charge is -2.55. The second-order valence-corrected chi connectivity index (χ2v) is 11.7. The molecular formula is C36H40N2O5. The highest BCUT2D eigenvalue weighted by molar-refractivity contribution is 5.97. The lowest BCUT2D eigenvalue weighted by molar-refractivity contribution is -0.0168. The minimum atomic E-state index is -1.38. The molecule has 0 bridgehead atoms. The Balaban J connectivity index is 2.08. The van der Waals surface area contributed by atoms with Crippen molar-refractivity contribution >= 4 is 16.7 Å². The summed E-state index contributed by atoms with van der Waals surface area (Å²) >= 11 is 0. The van der Waals surface area contributed by atoms with Crippen molar-refractivity contribution in [2.24, 2.45) is 10.8 Å². The number of nitrogens with zero attached hydrogens (tertiary/aromatic N) is 1. The average molecular weight is 581 g/mol. The van der Waals surface area contributed by atoms with E-state index in [1.54, 1.807) is 32.4 Å². The van der Waals surface area contributed by atoms with Crippen LogP contribution in [0.15, 0.2) is 91.0 Å². The van der Waals surface area contributed by atoms with Gasteiger partial charge in [0.2, 0.25) is 0 Å². The van der Waals surface area contributed by atoms with Crippen LogP contribution >= 0.6 is 0 Å². The second-order valence-electron chi connectivity index (χ2n) is 11.7. The molecule has 7 nitrogen and oxygen atoms in total. The summed E-state index contributed by atoms with van der Waals surface area (Å²) in [6.07, 6.45) is 0. The number of hydrogen-bond acceptors (Lipinski definition) is 6. The number of amides is 1. The number of nitrogens with one attached hydrogen (secondary N) is 1. The van der Waals surface area contributed by atoms with Gasteiger partial charge in [-0.2, -0.15) is 5.26 Å². The van der Waals surface area contributed by atoms with E-state index in [2.05, 4.69) is 56.4 Å². The maximum absolute atomic E-state index is 13.5. The lowest BCUT2D eigenvalue weighted by Crippen LogP contribution is -2.61. The third kappa shape index (κ3) is 5.81. The first-order valence-corrected chi connectivity index (χ1v) is 14.3. The number of phenolic OH excluding ortho intramolecular Hbond substituents is 1. The standard InChI is InChI=1S/C36H40N2O5/c1-34(2,3)36(30-17-9-11-20-32(30)42-5,29-18-12-14-26-13-6-7-15-27(26)29)35(23-37,25-43-22-21-41-4)24-38-33(40)28-16-8-10-19-31(28)39/h6-20,39H,21-22,24-25H2,1-5H3,(H,38,40). The van der Waals surface area contributed by atoms with E-state index in [0.29, 0.717) is 12.4 Å². The highest BCUT2D eigenvalue weighted by Gasteiger charge is 2.62. The molecule has 0 aliphatic rings. The SMILES string of the molecule is COCCOCC(C#N)(CNC(=O)c1ccccc1O)C(c1ccccc1OC)(c1cccc2ccccc12)C(C)(C)C. The zero-order valence-corrected chi connectivity index (χ0v) is 25.5. The van der Waals surface area contributed by atoms with Gasteiger partial charge in [0.1, 0.15) is 16.9 Å². The quantitative estimate of drug-likeness (QED) is 0.186. The van der Waals surface area contributed by atoms with Crippen LogP contribution in [0.4, 0.5) is 0 Å². The molecular weight excluding hydrogens is 540 g/mol. The fraction of sp³-hybridized carbons (Fsp3) is 0.333. The molecule has 7 heteroatoms. The molecule has 2 N–H and O–H groups in total. The van der Waals surface area contributed by atoms with Gasteiger partial charge in [-0.3, -0.25) is 4.79 Å². The average Bonchev–Trinajstić information content (AvgIpc) is 3.01. The molecule has 4 aromatic carbocycles. The van der Waals surface area contributed by atoms with E-state index >= 15 is 0 Å². The highest BCUT2D eigenvalue weighted by atomic mass is 16.5. The normalized spacial score (nSPS) is 14.3. The van der Waals surface area contributed by atoms with Gasteiger partial charge in [-0.05, 0) is 39.9 Å². The molecule has 4 rings (SSSR count). The molecule has 0 saturated heterocycles. The number of carbonyl (C=O) groups is 1. The number of phenols is 1. The Labute approximate surface area is 254 Å². The molecule has 43 heavy (non-hydrogen) atoms. The monoisotopic (exact) mass is 580 g/mol. The number of ether oxygens (including phenoxy) is 3. The van der Waals surface area contributed by atoms with Crippen molar-refractivity contribution in [3.63, 3.8) is 0 Å². The van der Waals surface area contributed by atoms with E-state index in [0.717, 1.165) is 21.9 Å². The van der Waals surface area contributed by atoms with Gasteiger partial charge in [-0.15, -0.1) is 0 Å². The minimum absolute atomic E-state index is 0.0214. The van der Waals surface area contributed by atoms with Crippen molar-refractivity contribution < 1.29 is 24.1 Å². The number of rotatable bonds is 12. The number of methoxy groups -OCH3 is 2. The van der Waals surface area contributed by atoms with Crippen molar-refractivity contribution in [2.75, 3.05) is 40.6 Å². The minimum Gasteiger partial charge on any atom is -0.507 e. The molecule has 0 fully saturated rings. The molecule has 2 atom stereocenters.